The van der Waals surface area contributed by atoms with Crippen molar-refractivity contribution < 1.29 is 19.1 Å². The lowest BCUT2D eigenvalue weighted by molar-refractivity contribution is -0.155. The van der Waals surface area contributed by atoms with Gasteiger partial charge in [0.25, 0.3) is 0 Å². The first-order valence-electron chi connectivity index (χ1n) is 7.62. The Morgan fingerprint density at radius 2 is 2.05 bits per heavy atom. The van der Waals surface area contributed by atoms with Crippen molar-refractivity contribution >= 4 is 11.9 Å². The van der Waals surface area contributed by atoms with Crippen molar-refractivity contribution in [3.05, 3.63) is 0 Å². The summed E-state index contributed by atoms with van der Waals surface area (Å²) >= 11 is 0. The van der Waals surface area contributed by atoms with Crippen LogP contribution in [0.5, 0.6) is 0 Å². The van der Waals surface area contributed by atoms with E-state index < -0.39 is 5.60 Å². The molecule has 1 N–H and O–H groups in total. The lowest BCUT2D eigenvalue weighted by Crippen LogP contribution is -2.47. The van der Waals surface area contributed by atoms with Gasteiger partial charge in [-0.25, -0.2) is 0 Å². The molecule has 6 heteroatoms. The number of carbonyl (C=O) groups is 2. The molecule has 0 bridgehead atoms. The van der Waals surface area contributed by atoms with Crippen molar-refractivity contribution in [3.8, 4) is 0 Å². The van der Waals surface area contributed by atoms with E-state index in [9.17, 15) is 9.59 Å². The van der Waals surface area contributed by atoms with E-state index in [1.54, 1.807) is 0 Å². The van der Waals surface area contributed by atoms with Gasteiger partial charge in [0.2, 0.25) is 5.91 Å². The van der Waals surface area contributed by atoms with Crippen LogP contribution in [0.15, 0.2) is 0 Å². The zero-order valence-corrected chi connectivity index (χ0v) is 13.6. The van der Waals surface area contributed by atoms with Gasteiger partial charge in [-0.3, -0.25) is 14.5 Å². The van der Waals surface area contributed by atoms with Crippen molar-refractivity contribution in [2.75, 3.05) is 32.8 Å². The maximum Gasteiger partial charge on any atom is 0.306 e. The second-order valence-corrected chi connectivity index (χ2v) is 6.28. The van der Waals surface area contributed by atoms with Crippen LogP contribution in [0.4, 0.5) is 0 Å². The van der Waals surface area contributed by atoms with Crippen LogP contribution in [-0.4, -0.2) is 61.3 Å². The Morgan fingerprint density at radius 1 is 1.33 bits per heavy atom. The van der Waals surface area contributed by atoms with Gasteiger partial charge in [0, 0.05) is 26.1 Å². The Hall–Kier alpha value is -1.14. The standard InChI is InChI=1S/C15H28N2O4/c1-5-17-8-9-20-12(11-17)10-16-13(18)6-7-14(19)21-15(2,3)4/h12H,5-11H2,1-4H3,(H,16,18). The Labute approximate surface area is 127 Å². The second kappa shape index (κ2) is 8.34. The number of carbonyl (C=O) groups excluding carboxylic acids is 2. The molecule has 1 amide bonds. The van der Waals surface area contributed by atoms with Crippen LogP contribution in [0.2, 0.25) is 0 Å². The van der Waals surface area contributed by atoms with E-state index in [1.165, 1.54) is 0 Å². The number of morpholine rings is 1. The largest absolute Gasteiger partial charge is 0.460 e. The zero-order chi connectivity index (χ0) is 15.9. The smallest absolute Gasteiger partial charge is 0.306 e. The normalized spacial score (nSPS) is 20.1. The van der Waals surface area contributed by atoms with Crippen LogP contribution >= 0.6 is 0 Å². The molecule has 1 aliphatic rings. The van der Waals surface area contributed by atoms with Gasteiger partial charge in [0.15, 0.2) is 0 Å². The summed E-state index contributed by atoms with van der Waals surface area (Å²) in [5.41, 5.74) is -0.507. The molecule has 0 aromatic carbocycles. The summed E-state index contributed by atoms with van der Waals surface area (Å²) in [6.45, 7) is 11.5. The van der Waals surface area contributed by atoms with Gasteiger partial charge in [0.1, 0.15) is 5.60 Å². The molecule has 1 saturated heterocycles. The minimum atomic E-state index is -0.507. The summed E-state index contributed by atoms with van der Waals surface area (Å²) in [6.07, 6.45) is 0.290. The summed E-state index contributed by atoms with van der Waals surface area (Å²) in [7, 11) is 0. The molecular formula is C15H28N2O4. The van der Waals surface area contributed by atoms with E-state index in [0.717, 1.165) is 19.6 Å². The Bertz CT molecular complexity index is 352. The number of rotatable bonds is 6. The van der Waals surface area contributed by atoms with Gasteiger partial charge < -0.3 is 14.8 Å². The maximum atomic E-state index is 11.7. The number of hydrogen-bond donors (Lipinski definition) is 1. The fourth-order valence-electron chi connectivity index (χ4n) is 2.12. The quantitative estimate of drug-likeness (QED) is 0.740. The fraction of sp³-hybridized carbons (Fsp3) is 0.867. The molecule has 1 aliphatic heterocycles. The third-order valence-electron chi connectivity index (χ3n) is 3.17. The first-order valence-corrected chi connectivity index (χ1v) is 7.62. The minimum Gasteiger partial charge on any atom is -0.460 e. The number of amides is 1. The number of likely N-dealkylation sites (N-methyl/N-ethyl adjacent to an activating group) is 1. The Kier molecular flexibility index (Phi) is 7.11. The van der Waals surface area contributed by atoms with Gasteiger partial charge >= 0.3 is 5.97 Å². The molecule has 1 rings (SSSR count). The molecule has 0 saturated carbocycles. The highest BCUT2D eigenvalue weighted by Crippen LogP contribution is 2.09. The second-order valence-electron chi connectivity index (χ2n) is 6.28. The van der Waals surface area contributed by atoms with Gasteiger partial charge in [-0.15, -0.1) is 0 Å². The van der Waals surface area contributed by atoms with Crippen LogP contribution in [0.3, 0.4) is 0 Å². The van der Waals surface area contributed by atoms with Crippen LogP contribution in [0.25, 0.3) is 0 Å². The highest BCUT2D eigenvalue weighted by atomic mass is 16.6. The maximum absolute atomic E-state index is 11.7. The summed E-state index contributed by atoms with van der Waals surface area (Å²) in [5.74, 6) is -0.484. The number of ether oxygens (including phenoxy) is 2. The van der Waals surface area contributed by atoms with Crippen molar-refractivity contribution in [2.24, 2.45) is 0 Å². The van der Waals surface area contributed by atoms with Crippen molar-refractivity contribution in [3.63, 3.8) is 0 Å². The third kappa shape index (κ3) is 8.02. The predicted molar refractivity (Wildman–Crippen MR) is 79.9 cm³/mol. The van der Waals surface area contributed by atoms with E-state index in [1.807, 2.05) is 20.8 Å². The zero-order valence-electron chi connectivity index (χ0n) is 13.6. The van der Waals surface area contributed by atoms with Crippen molar-refractivity contribution in [1.82, 2.24) is 10.2 Å². The average Bonchev–Trinajstić information content (AvgIpc) is 2.41. The Balaban J connectivity index is 2.18. The van der Waals surface area contributed by atoms with E-state index in [-0.39, 0.29) is 30.8 Å². The molecule has 0 aliphatic carbocycles. The van der Waals surface area contributed by atoms with Crippen molar-refractivity contribution in [1.29, 1.82) is 0 Å². The van der Waals surface area contributed by atoms with Gasteiger partial charge in [-0.1, -0.05) is 6.92 Å². The van der Waals surface area contributed by atoms with Crippen molar-refractivity contribution in [2.45, 2.75) is 52.2 Å². The highest BCUT2D eigenvalue weighted by molar-refractivity contribution is 5.81. The van der Waals surface area contributed by atoms with Crippen LogP contribution < -0.4 is 5.32 Å². The minimum absolute atomic E-state index is 0.0316. The monoisotopic (exact) mass is 300 g/mol. The lowest BCUT2D eigenvalue weighted by Gasteiger charge is -2.32. The summed E-state index contributed by atoms with van der Waals surface area (Å²) < 4.78 is 10.8. The molecule has 0 aromatic heterocycles. The SMILES string of the molecule is CCN1CCOC(CNC(=O)CCC(=O)OC(C)(C)C)C1. The summed E-state index contributed by atoms with van der Waals surface area (Å²) in [5, 5.41) is 2.82. The molecule has 0 aromatic rings. The topological polar surface area (TPSA) is 67.9 Å². The van der Waals surface area contributed by atoms with Crippen LogP contribution in [0.1, 0.15) is 40.5 Å². The van der Waals surface area contributed by atoms with E-state index in [4.69, 9.17) is 9.47 Å². The fourth-order valence-corrected chi connectivity index (χ4v) is 2.12. The molecule has 6 nitrogen and oxygen atoms in total. The van der Waals surface area contributed by atoms with E-state index in [2.05, 4.69) is 17.1 Å². The van der Waals surface area contributed by atoms with Crippen LogP contribution in [0, 0.1) is 0 Å². The molecule has 1 heterocycles. The van der Waals surface area contributed by atoms with E-state index in [0.29, 0.717) is 13.2 Å². The van der Waals surface area contributed by atoms with Gasteiger partial charge in [-0.05, 0) is 27.3 Å². The molecule has 122 valence electrons. The van der Waals surface area contributed by atoms with E-state index >= 15 is 0 Å². The number of nitrogens with zero attached hydrogens (tertiary/aromatic N) is 1. The Morgan fingerprint density at radius 3 is 2.67 bits per heavy atom. The number of esters is 1. The predicted octanol–water partition coefficient (Wildman–Crippen LogP) is 0.945. The summed E-state index contributed by atoms with van der Waals surface area (Å²) in [4.78, 5) is 25.5. The number of nitrogens with one attached hydrogen (secondary N) is 1. The molecule has 0 radical (unpaired) electrons. The molecule has 1 unspecified atom stereocenters. The number of hydrogen-bond acceptors (Lipinski definition) is 5. The molecule has 1 fully saturated rings. The van der Waals surface area contributed by atoms with Gasteiger partial charge in [-0.2, -0.15) is 0 Å². The summed E-state index contributed by atoms with van der Waals surface area (Å²) in [6, 6.07) is 0. The lowest BCUT2D eigenvalue weighted by atomic mass is 10.2. The van der Waals surface area contributed by atoms with Gasteiger partial charge in [0.05, 0.1) is 19.1 Å². The molecule has 1 atom stereocenters. The first kappa shape index (κ1) is 17.9. The van der Waals surface area contributed by atoms with Crippen LogP contribution in [-0.2, 0) is 19.1 Å². The highest BCUT2D eigenvalue weighted by Gasteiger charge is 2.20. The third-order valence-corrected chi connectivity index (χ3v) is 3.17. The first-order chi connectivity index (χ1) is 9.80. The molecule has 21 heavy (non-hydrogen) atoms. The average molecular weight is 300 g/mol. The molecular weight excluding hydrogens is 272 g/mol. The molecule has 0 spiro atoms.